The number of thioether (sulfide) groups is 1. The second-order valence-electron chi connectivity index (χ2n) is 5.77. The van der Waals surface area contributed by atoms with Crippen LogP contribution in [0.2, 0.25) is 0 Å². The van der Waals surface area contributed by atoms with Crippen molar-refractivity contribution in [3.05, 3.63) is 68.8 Å². The van der Waals surface area contributed by atoms with Gasteiger partial charge in [0, 0.05) is 0 Å². The number of carbonyl (C=O) groups excluding carboxylic acids is 2. The summed E-state index contributed by atoms with van der Waals surface area (Å²) in [5.41, 5.74) is 1.29. The second kappa shape index (κ2) is 8.57. The van der Waals surface area contributed by atoms with E-state index in [-0.39, 0.29) is 17.3 Å². The van der Waals surface area contributed by atoms with Crippen LogP contribution in [-0.2, 0) is 16.1 Å². The number of carboxylic acids is 1. The molecule has 1 saturated heterocycles. The van der Waals surface area contributed by atoms with Crippen molar-refractivity contribution in [1.29, 1.82) is 0 Å². The predicted molar refractivity (Wildman–Crippen MR) is 105 cm³/mol. The van der Waals surface area contributed by atoms with Crippen LogP contribution in [0.1, 0.15) is 11.1 Å². The molecule has 28 heavy (non-hydrogen) atoms. The van der Waals surface area contributed by atoms with Gasteiger partial charge in [-0.25, -0.2) is 9.18 Å². The van der Waals surface area contributed by atoms with Crippen LogP contribution in [0.25, 0.3) is 6.08 Å². The Kier molecular flexibility index (Phi) is 6.15. The fraction of sp³-hybridized carbons (Fsp3) is 0.105. The standard InChI is InChI=1S/C19H13BrFNO5S/c20-14-7-12(3-6-15(14)27-10-17(23)24)8-16-18(25)22(19(26)28-16)9-11-1-4-13(21)5-2-11/h1-8H,9-10H2,(H,23,24). The molecule has 2 aromatic rings. The van der Waals surface area contributed by atoms with Crippen LogP contribution >= 0.6 is 27.7 Å². The van der Waals surface area contributed by atoms with Crippen LogP contribution in [0.3, 0.4) is 0 Å². The molecule has 0 atom stereocenters. The van der Waals surface area contributed by atoms with Crippen LogP contribution in [0, 0.1) is 5.82 Å². The Balaban J connectivity index is 1.75. The van der Waals surface area contributed by atoms with E-state index in [1.54, 1.807) is 24.3 Å². The lowest BCUT2D eigenvalue weighted by Gasteiger charge is -2.12. The molecule has 144 valence electrons. The highest BCUT2D eigenvalue weighted by atomic mass is 79.9. The monoisotopic (exact) mass is 465 g/mol. The Morgan fingerprint density at radius 3 is 2.57 bits per heavy atom. The maximum Gasteiger partial charge on any atom is 0.341 e. The third kappa shape index (κ3) is 4.79. The number of hydrogen-bond acceptors (Lipinski definition) is 5. The van der Waals surface area contributed by atoms with Crippen LogP contribution in [0.4, 0.5) is 9.18 Å². The first-order valence-electron chi connectivity index (χ1n) is 7.97. The fourth-order valence-corrected chi connectivity index (χ4v) is 3.77. The van der Waals surface area contributed by atoms with Crippen molar-refractivity contribution < 1.29 is 28.6 Å². The summed E-state index contributed by atoms with van der Waals surface area (Å²) in [6, 6.07) is 10.5. The predicted octanol–water partition coefficient (Wildman–Crippen LogP) is 4.29. The van der Waals surface area contributed by atoms with E-state index >= 15 is 0 Å². The lowest BCUT2D eigenvalue weighted by molar-refractivity contribution is -0.139. The molecule has 0 bridgehead atoms. The zero-order chi connectivity index (χ0) is 20.3. The molecule has 0 saturated carbocycles. The third-order valence-electron chi connectivity index (χ3n) is 3.73. The number of benzene rings is 2. The first kappa shape index (κ1) is 20.1. The van der Waals surface area contributed by atoms with Gasteiger partial charge in [0.15, 0.2) is 6.61 Å². The first-order valence-corrected chi connectivity index (χ1v) is 9.58. The summed E-state index contributed by atoms with van der Waals surface area (Å²) >= 11 is 4.11. The van der Waals surface area contributed by atoms with Gasteiger partial charge in [-0.05, 0) is 69.2 Å². The van der Waals surface area contributed by atoms with E-state index in [4.69, 9.17) is 9.84 Å². The van der Waals surface area contributed by atoms with Gasteiger partial charge in [0.1, 0.15) is 11.6 Å². The van der Waals surface area contributed by atoms with Crippen molar-refractivity contribution in [1.82, 2.24) is 4.90 Å². The molecule has 0 aromatic heterocycles. The van der Waals surface area contributed by atoms with E-state index in [1.165, 1.54) is 24.3 Å². The maximum atomic E-state index is 13.0. The van der Waals surface area contributed by atoms with Crippen molar-refractivity contribution in [3.63, 3.8) is 0 Å². The Hall–Kier alpha value is -2.65. The lowest BCUT2D eigenvalue weighted by Crippen LogP contribution is -2.27. The first-order chi connectivity index (χ1) is 13.3. The number of rotatable bonds is 6. The molecule has 2 aromatic carbocycles. The van der Waals surface area contributed by atoms with Crippen molar-refractivity contribution in [2.75, 3.05) is 6.61 Å². The number of carboxylic acid groups (broad SMARTS) is 1. The topological polar surface area (TPSA) is 83.9 Å². The molecular formula is C19H13BrFNO5S. The van der Waals surface area contributed by atoms with Gasteiger partial charge in [-0.3, -0.25) is 14.5 Å². The van der Waals surface area contributed by atoms with Crippen molar-refractivity contribution in [2.24, 2.45) is 0 Å². The van der Waals surface area contributed by atoms with Gasteiger partial charge >= 0.3 is 5.97 Å². The van der Waals surface area contributed by atoms with Crippen molar-refractivity contribution >= 4 is 50.9 Å². The summed E-state index contributed by atoms with van der Waals surface area (Å²) in [5.74, 6) is -1.56. The number of carbonyl (C=O) groups is 3. The number of amides is 2. The summed E-state index contributed by atoms with van der Waals surface area (Å²) in [7, 11) is 0. The van der Waals surface area contributed by atoms with Gasteiger partial charge in [-0.2, -0.15) is 0 Å². The van der Waals surface area contributed by atoms with Crippen LogP contribution in [-0.4, -0.2) is 33.7 Å². The summed E-state index contributed by atoms with van der Waals surface area (Å²) in [4.78, 5) is 36.7. The van der Waals surface area contributed by atoms with Crippen LogP contribution < -0.4 is 4.74 Å². The quantitative estimate of drug-likeness (QED) is 0.640. The molecule has 9 heteroatoms. The highest BCUT2D eigenvalue weighted by Gasteiger charge is 2.35. The fourth-order valence-electron chi connectivity index (χ4n) is 2.42. The Morgan fingerprint density at radius 2 is 1.93 bits per heavy atom. The number of imide groups is 1. The minimum Gasteiger partial charge on any atom is -0.481 e. The Labute approximate surface area is 172 Å². The van der Waals surface area contributed by atoms with E-state index in [1.807, 2.05) is 0 Å². The molecule has 0 radical (unpaired) electrons. The summed E-state index contributed by atoms with van der Waals surface area (Å²) < 4.78 is 18.7. The summed E-state index contributed by atoms with van der Waals surface area (Å²) in [6.45, 7) is -0.409. The molecule has 1 aliphatic heterocycles. The van der Waals surface area contributed by atoms with Gasteiger partial charge < -0.3 is 9.84 Å². The van der Waals surface area contributed by atoms with Crippen molar-refractivity contribution in [3.8, 4) is 5.75 Å². The van der Waals surface area contributed by atoms with E-state index in [0.29, 0.717) is 21.3 Å². The minimum absolute atomic E-state index is 0.0634. The average molecular weight is 466 g/mol. The molecule has 1 heterocycles. The van der Waals surface area contributed by atoms with Gasteiger partial charge in [0.2, 0.25) is 0 Å². The van der Waals surface area contributed by atoms with E-state index in [0.717, 1.165) is 16.7 Å². The molecule has 3 rings (SSSR count). The van der Waals surface area contributed by atoms with Crippen LogP contribution in [0.15, 0.2) is 51.8 Å². The Bertz CT molecular complexity index is 977. The smallest absolute Gasteiger partial charge is 0.341 e. The molecule has 1 N–H and O–H groups in total. The largest absolute Gasteiger partial charge is 0.481 e. The molecule has 0 aliphatic carbocycles. The zero-order valence-electron chi connectivity index (χ0n) is 14.2. The summed E-state index contributed by atoms with van der Waals surface area (Å²) in [6.07, 6.45) is 1.57. The number of ether oxygens (including phenoxy) is 1. The molecule has 0 spiro atoms. The number of hydrogen-bond donors (Lipinski definition) is 1. The van der Waals surface area contributed by atoms with Crippen molar-refractivity contribution in [2.45, 2.75) is 6.54 Å². The highest BCUT2D eigenvalue weighted by molar-refractivity contribution is 9.10. The van der Waals surface area contributed by atoms with Gasteiger partial charge in [-0.1, -0.05) is 18.2 Å². The number of halogens is 2. The molecule has 0 unspecified atom stereocenters. The molecule has 1 aliphatic rings. The molecule has 6 nitrogen and oxygen atoms in total. The molecule has 2 amide bonds. The second-order valence-corrected chi connectivity index (χ2v) is 7.61. The van der Waals surface area contributed by atoms with E-state index in [2.05, 4.69) is 15.9 Å². The summed E-state index contributed by atoms with van der Waals surface area (Å²) in [5, 5.41) is 8.26. The molecular weight excluding hydrogens is 453 g/mol. The average Bonchev–Trinajstić information content (AvgIpc) is 2.90. The van der Waals surface area contributed by atoms with Gasteiger partial charge in [0.05, 0.1) is 15.9 Å². The normalized spacial score (nSPS) is 15.4. The number of aliphatic carboxylic acids is 1. The van der Waals surface area contributed by atoms with Crippen LogP contribution in [0.5, 0.6) is 5.75 Å². The number of nitrogens with zero attached hydrogens (tertiary/aromatic N) is 1. The SMILES string of the molecule is O=C(O)COc1ccc(C=C2SC(=O)N(Cc3ccc(F)cc3)C2=O)cc1Br. The molecule has 1 fully saturated rings. The van der Waals surface area contributed by atoms with E-state index < -0.39 is 23.7 Å². The Morgan fingerprint density at radius 1 is 1.21 bits per heavy atom. The third-order valence-corrected chi connectivity index (χ3v) is 5.26. The van der Waals surface area contributed by atoms with E-state index in [9.17, 15) is 18.8 Å². The minimum atomic E-state index is -1.09. The van der Waals surface area contributed by atoms with Gasteiger partial charge in [0.25, 0.3) is 11.1 Å². The maximum absolute atomic E-state index is 13.0. The highest BCUT2D eigenvalue weighted by Crippen LogP contribution is 2.34. The zero-order valence-corrected chi connectivity index (χ0v) is 16.6. The van der Waals surface area contributed by atoms with Gasteiger partial charge in [-0.15, -0.1) is 0 Å². The lowest BCUT2D eigenvalue weighted by atomic mass is 10.2.